The SMILES string of the molecule is O=C(CNC(=O)c1cccs1)NC(c1ccccc1)c1ccco1. The Hall–Kier alpha value is -2.86. The molecule has 0 radical (unpaired) electrons. The van der Waals surface area contributed by atoms with Crippen molar-refractivity contribution in [3.05, 3.63) is 82.4 Å². The van der Waals surface area contributed by atoms with Gasteiger partial charge in [0.2, 0.25) is 5.91 Å². The van der Waals surface area contributed by atoms with Crippen LogP contribution in [-0.2, 0) is 4.79 Å². The van der Waals surface area contributed by atoms with Gasteiger partial charge in [-0.1, -0.05) is 36.4 Å². The van der Waals surface area contributed by atoms with E-state index in [4.69, 9.17) is 4.42 Å². The Bertz CT molecular complexity index is 783. The molecule has 3 rings (SSSR count). The van der Waals surface area contributed by atoms with E-state index in [-0.39, 0.29) is 18.4 Å². The molecule has 2 aromatic heterocycles. The number of carbonyl (C=O) groups excluding carboxylic acids is 2. The van der Waals surface area contributed by atoms with Gasteiger partial charge in [-0.15, -0.1) is 11.3 Å². The lowest BCUT2D eigenvalue weighted by Gasteiger charge is -2.17. The Labute approximate surface area is 143 Å². The molecular formula is C18H16N2O3S. The van der Waals surface area contributed by atoms with Crippen molar-refractivity contribution in [1.82, 2.24) is 10.6 Å². The predicted molar refractivity (Wildman–Crippen MR) is 91.8 cm³/mol. The summed E-state index contributed by atoms with van der Waals surface area (Å²) in [6.07, 6.45) is 1.57. The van der Waals surface area contributed by atoms with Gasteiger partial charge in [0.25, 0.3) is 5.91 Å². The topological polar surface area (TPSA) is 71.3 Å². The second-order valence-corrected chi connectivity index (χ2v) is 6.03. The minimum Gasteiger partial charge on any atom is -0.467 e. The van der Waals surface area contributed by atoms with E-state index in [1.807, 2.05) is 41.8 Å². The van der Waals surface area contributed by atoms with Crippen LogP contribution in [0.4, 0.5) is 0 Å². The van der Waals surface area contributed by atoms with Crippen LogP contribution in [0.3, 0.4) is 0 Å². The van der Waals surface area contributed by atoms with E-state index in [0.717, 1.165) is 5.56 Å². The number of benzene rings is 1. The minimum atomic E-state index is -0.396. The zero-order valence-electron chi connectivity index (χ0n) is 12.8. The summed E-state index contributed by atoms with van der Waals surface area (Å²) in [5.74, 6) is 0.0960. The summed E-state index contributed by atoms with van der Waals surface area (Å²) in [6, 6.07) is 16.2. The van der Waals surface area contributed by atoms with Crippen LogP contribution in [0.15, 0.2) is 70.7 Å². The van der Waals surface area contributed by atoms with Crippen molar-refractivity contribution in [2.75, 3.05) is 6.54 Å². The highest BCUT2D eigenvalue weighted by atomic mass is 32.1. The number of carbonyl (C=O) groups is 2. The Morgan fingerprint density at radius 3 is 2.54 bits per heavy atom. The van der Waals surface area contributed by atoms with E-state index < -0.39 is 6.04 Å². The van der Waals surface area contributed by atoms with Crippen LogP contribution in [0.25, 0.3) is 0 Å². The van der Waals surface area contributed by atoms with Gasteiger partial charge in [-0.3, -0.25) is 9.59 Å². The molecule has 0 aliphatic rings. The third-order valence-corrected chi connectivity index (χ3v) is 4.29. The number of nitrogens with one attached hydrogen (secondary N) is 2. The van der Waals surface area contributed by atoms with Crippen molar-refractivity contribution < 1.29 is 14.0 Å². The molecule has 0 saturated heterocycles. The highest BCUT2D eigenvalue weighted by Gasteiger charge is 2.19. The quantitative estimate of drug-likeness (QED) is 0.725. The van der Waals surface area contributed by atoms with E-state index in [1.54, 1.807) is 24.5 Å². The third-order valence-electron chi connectivity index (χ3n) is 3.42. The van der Waals surface area contributed by atoms with Crippen LogP contribution in [0.1, 0.15) is 27.0 Å². The molecule has 3 aromatic rings. The van der Waals surface area contributed by atoms with Crippen LogP contribution < -0.4 is 10.6 Å². The molecule has 0 saturated carbocycles. The average Bonchev–Trinajstić information content (AvgIpc) is 3.31. The largest absolute Gasteiger partial charge is 0.467 e. The smallest absolute Gasteiger partial charge is 0.261 e. The van der Waals surface area contributed by atoms with E-state index in [9.17, 15) is 9.59 Å². The zero-order valence-corrected chi connectivity index (χ0v) is 13.6. The maximum absolute atomic E-state index is 12.2. The molecule has 122 valence electrons. The first kappa shape index (κ1) is 16.0. The summed E-state index contributed by atoms with van der Waals surface area (Å²) in [4.78, 5) is 24.7. The van der Waals surface area contributed by atoms with Crippen LogP contribution >= 0.6 is 11.3 Å². The van der Waals surface area contributed by atoms with Crippen LogP contribution in [0.2, 0.25) is 0 Å². The fourth-order valence-corrected chi connectivity index (χ4v) is 2.93. The lowest BCUT2D eigenvalue weighted by Crippen LogP contribution is -2.38. The summed E-state index contributed by atoms with van der Waals surface area (Å²) in [7, 11) is 0. The Kier molecular flexibility index (Phi) is 5.08. The standard InChI is InChI=1S/C18H16N2O3S/c21-16(12-19-18(22)15-9-5-11-24-15)20-17(14-8-4-10-23-14)13-6-2-1-3-7-13/h1-11,17H,12H2,(H,19,22)(H,20,21). The summed E-state index contributed by atoms with van der Waals surface area (Å²) in [5, 5.41) is 7.32. The van der Waals surface area contributed by atoms with Gasteiger partial charge in [0.1, 0.15) is 11.8 Å². The molecule has 5 nitrogen and oxygen atoms in total. The van der Waals surface area contributed by atoms with Gasteiger partial charge in [-0.2, -0.15) is 0 Å². The first-order valence-corrected chi connectivity index (χ1v) is 8.31. The fourth-order valence-electron chi connectivity index (χ4n) is 2.29. The lowest BCUT2D eigenvalue weighted by atomic mass is 10.0. The molecule has 0 spiro atoms. The molecule has 1 aromatic carbocycles. The molecule has 2 amide bonds. The molecule has 0 fully saturated rings. The monoisotopic (exact) mass is 340 g/mol. The molecule has 1 unspecified atom stereocenters. The number of hydrogen-bond acceptors (Lipinski definition) is 4. The van der Waals surface area contributed by atoms with Gasteiger partial charge in [-0.05, 0) is 29.1 Å². The van der Waals surface area contributed by atoms with Gasteiger partial charge in [0, 0.05) is 0 Å². The van der Waals surface area contributed by atoms with Crippen molar-refractivity contribution >= 4 is 23.2 Å². The van der Waals surface area contributed by atoms with Gasteiger partial charge in [0.05, 0.1) is 17.7 Å². The van der Waals surface area contributed by atoms with Gasteiger partial charge >= 0.3 is 0 Å². The molecule has 2 N–H and O–H groups in total. The molecule has 0 bridgehead atoms. The second-order valence-electron chi connectivity index (χ2n) is 5.09. The zero-order chi connectivity index (χ0) is 16.8. The molecule has 0 aliphatic carbocycles. The Balaban J connectivity index is 1.65. The normalized spacial score (nSPS) is 11.7. The van der Waals surface area contributed by atoms with Crippen LogP contribution in [-0.4, -0.2) is 18.4 Å². The van der Waals surface area contributed by atoms with E-state index in [2.05, 4.69) is 10.6 Å². The van der Waals surface area contributed by atoms with E-state index in [1.165, 1.54) is 11.3 Å². The summed E-state index contributed by atoms with van der Waals surface area (Å²) in [6.45, 7) is -0.0965. The number of rotatable bonds is 6. The Morgan fingerprint density at radius 2 is 1.88 bits per heavy atom. The molecule has 6 heteroatoms. The van der Waals surface area contributed by atoms with Crippen molar-refractivity contribution in [2.45, 2.75) is 6.04 Å². The highest BCUT2D eigenvalue weighted by Crippen LogP contribution is 2.22. The van der Waals surface area contributed by atoms with E-state index in [0.29, 0.717) is 10.6 Å². The highest BCUT2D eigenvalue weighted by molar-refractivity contribution is 7.12. The van der Waals surface area contributed by atoms with Gasteiger partial charge in [0.15, 0.2) is 0 Å². The molecule has 2 heterocycles. The third kappa shape index (κ3) is 3.91. The van der Waals surface area contributed by atoms with Gasteiger partial charge < -0.3 is 15.1 Å². The predicted octanol–water partition coefficient (Wildman–Crippen LogP) is 2.98. The first-order valence-electron chi connectivity index (χ1n) is 7.43. The van der Waals surface area contributed by atoms with E-state index >= 15 is 0 Å². The minimum absolute atomic E-state index is 0.0965. The summed E-state index contributed by atoms with van der Waals surface area (Å²) >= 11 is 1.33. The van der Waals surface area contributed by atoms with Crippen molar-refractivity contribution in [1.29, 1.82) is 0 Å². The number of thiophene rings is 1. The molecule has 1 atom stereocenters. The fraction of sp³-hybridized carbons (Fsp3) is 0.111. The van der Waals surface area contributed by atoms with Gasteiger partial charge in [-0.25, -0.2) is 0 Å². The number of hydrogen-bond donors (Lipinski definition) is 2. The number of furan rings is 1. The summed E-state index contributed by atoms with van der Waals surface area (Å²) in [5.41, 5.74) is 0.908. The molecular weight excluding hydrogens is 324 g/mol. The maximum Gasteiger partial charge on any atom is 0.261 e. The average molecular weight is 340 g/mol. The van der Waals surface area contributed by atoms with Crippen molar-refractivity contribution in [3.8, 4) is 0 Å². The molecule has 24 heavy (non-hydrogen) atoms. The van der Waals surface area contributed by atoms with Crippen molar-refractivity contribution in [2.24, 2.45) is 0 Å². The Morgan fingerprint density at radius 1 is 1.04 bits per heavy atom. The van der Waals surface area contributed by atoms with Crippen LogP contribution in [0, 0.1) is 0 Å². The van der Waals surface area contributed by atoms with Crippen LogP contribution in [0.5, 0.6) is 0 Å². The second kappa shape index (κ2) is 7.61. The maximum atomic E-state index is 12.2. The summed E-state index contributed by atoms with van der Waals surface area (Å²) < 4.78 is 5.44. The number of amides is 2. The van der Waals surface area contributed by atoms with Crippen molar-refractivity contribution in [3.63, 3.8) is 0 Å². The lowest BCUT2D eigenvalue weighted by molar-refractivity contribution is -0.120. The first-order chi connectivity index (χ1) is 11.7. The molecule has 0 aliphatic heterocycles.